The predicted molar refractivity (Wildman–Crippen MR) is 132 cm³/mol. The highest BCUT2D eigenvalue weighted by Gasteiger charge is 2.28. The molecule has 2 aromatic heterocycles. The lowest BCUT2D eigenvalue weighted by Gasteiger charge is -2.28. The van der Waals surface area contributed by atoms with Crippen molar-refractivity contribution in [3.8, 4) is 11.3 Å². The molecule has 0 radical (unpaired) electrons. The normalized spacial score (nSPS) is 16.2. The molecule has 0 spiro atoms. The van der Waals surface area contributed by atoms with Gasteiger partial charge in [-0.3, -0.25) is 10.00 Å². The summed E-state index contributed by atoms with van der Waals surface area (Å²) in [5, 5.41) is 10.3. The summed E-state index contributed by atoms with van der Waals surface area (Å²) in [5.74, 6) is -1.26. The average molecular weight is 491 g/mol. The minimum absolute atomic E-state index is 0.108. The summed E-state index contributed by atoms with van der Waals surface area (Å²) in [4.78, 5) is 18.5. The van der Waals surface area contributed by atoms with Crippen LogP contribution in [0.4, 0.5) is 19.4 Å². The van der Waals surface area contributed by atoms with Gasteiger partial charge in [0.2, 0.25) is 0 Å². The number of benzene rings is 1. The van der Waals surface area contributed by atoms with E-state index in [1.807, 2.05) is 48.2 Å². The van der Waals surface area contributed by atoms with Crippen LogP contribution in [0.5, 0.6) is 0 Å². The Morgan fingerprint density at radius 1 is 1.22 bits per heavy atom. The zero-order valence-corrected chi connectivity index (χ0v) is 19.9. The third-order valence-corrected chi connectivity index (χ3v) is 6.10. The minimum Gasteiger partial charge on any atom is -0.450 e. The molecule has 1 unspecified atom stereocenters. The molecule has 184 valence electrons. The van der Waals surface area contributed by atoms with E-state index in [9.17, 15) is 13.6 Å². The van der Waals surface area contributed by atoms with Crippen molar-refractivity contribution in [3.05, 3.63) is 89.5 Å². The van der Waals surface area contributed by atoms with Crippen molar-refractivity contribution in [2.45, 2.75) is 20.0 Å². The molecule has 0 saturated heterocycles. The maximum Gasteiger partial charge on any atom is 0.412 e. The molecule has 1 atom stereocenters. The number of aromatic nitrogens is 3. The first-order valence-electron chi connectivity index (χ1n) is 11.4. The highest BCUT2D eigenvalue weighted by Crippen LogP contribution is 2.35. The minimum atomic E-state index is -0.754. The van der Waals surface area contributed by atoms with Gasteiger partial charge < -0.3 is 15.0 Å². The van der Waals surface area contributed by atoms with E-state index in [0.29, 0.717) is 5.56 Å². The number of nitrogens with zero attached hydrogens (tertiary/aromatic N) is 4. The van der Waals surface area contributed by atoms with Crippen LogP contribution in [0.3, 0.4) is 0 Å². The quantitative estimate of drug-likeness (QED) is 0.536. The molecule has 4 heterocycles. The summed E-state index contributed by atoms with van der Waals surface area (Å²) >= 11 is 0. The zero-order valence-electron chi connectivity index (χ0n) is 19.9. The molecule has 1 amide bonds. The van der Waals surface area contributed by atoms with Gasteiger partial charge in [-0.25, -0.2) is 18.6 Å². The number of aryl methyl sites for hydroxylation is 1. The van der Waals surface area contributed by atoms with Crippen molar-refractivity contribution in [1.82, 2.24) is 25.0 Å². The predicted octanol–water partition coefficient (Wildman–Crippen LogP) is 4.78. The smallest absolute Gasteiger partial charge is 0.412 e. The van der Waals surface area contributed by atoms with E-state index in [-0.39, 0.29) is 29.8 Å². The summed E-state index contributed by atoms with van der Waals surface area (Å²) in [6.45, 7) is 3.89. The number of allylic oxidation sites excluding steroid dienone is 2. The molecule has 2 aliphatic heterocycles. The van der Waals surface area contributed by atoms with Crippen LogP contribution in [0.25, 0.3) is 22.5 Å². The highest BCUT2D eigenvalue weighted by molar-refractivity contribution is 5.86. The van der Waals surface area contributed by atoms with Crippen LogP contribution < -0.4 is 10.6 Å². The fourth-order valence-corrected chi connectivity index (χ4v) is 4.20. The second-order valence-electron chi connectivity index (χ2n) is 8.35. The summed E-state index contributed by atoms with van der Waals surface area (Å²) < 4.78 is 34.9. The maximum absolute atomic E-state index is 14.6. The lowest BCUT2D eigenvalue weighted by Crippen LogP contribution is -2.33. The summed E-state index contributed by atoms with van der Waals surface area (Å²) in [6, 6.07) is 6.66. The molecule has 2 N–H and O–H groups in total. The second-order valence-corrected chi connectivity index (χ2v) is 8.35. The van der Waals surface area contributed by atoms with Gasteiger partial charge in [-0.15, -0.1) is 0 Å². The Morgan fingerprint density at radius 3 is 2.78 bits per heavy atom. The third-order valence-electron chi connectivity index (χ3n) is 6.10. The number of anilines is 1. The number of ether oxygens (including phenoxy) is 1. The molecular formula is C26H24F2N6O2. The first-order chi connectivity index (χ1) is 17.3. The van der Waals surface area contributed by atoms with Crippen LogP contribution in [-0.2, 0) is 11.8 Å². The molecule has 8 nitrogen and oxygen atoms in total. The summed E-state index contributed by atoms with van der Waals surface area (Å²) in [5.41, 5.74) is 4.94. The number of amides is 1. The number of rotatable bonds is 5. The fraction of sp³-hybridized carbons (Fsp3) is 0.192. The van der Waals surface area contributed by atoms with Gasteiger partial charge in [0.15, 0.2) is 0 Å². The molecule has 0 fully saturated rings. The van der Waals surface area contributed by atoms with Crippen LogP contribution >= 0.6 is 0 Å². The Hall–Kier alpha value is -4.47. The van der Waals surface area contributed by atoms with Gasteiger partial charge in [0.25, 0.3) is 0 Å². The number of pyridine rings is 1. The number of fused-ring (bicyclic) bond motifs is 1. The molecule has 0 aliphatic carbocycles. The van der Waals surface area contributed by atoms with Crippen LogP contribution in [-0.4, -0.2) is 38.5 Å². The van der Waals surface area contributed by atoms with Crippen LogP contribution in [0.1, 0.15) is 23.7 Å². The van der Waals surface area contributed by atoms with Gasteiger partial charge >= 0.3 is 6.09 Å². The Bertz CT molecular complexity index is 1440. The van der Waals surface area contributed by atoms with Gasteiger partial charge in [-0.05, 0) is 55.8 Å². The van der Waals surface area contributed by atoms with E-state index in [4.69, 9.17) is 4.74 Å². The lowest BCUT2D eigenvalue weighted by atomic mass is 10.0. The summed E-state index contributed by atoms with van der Waals surface area (Å²) in [6.07, 6.45) is 8.90. The molecule has 3 aromatic rings. The molecule has 36 heavy (non-hydrogen) atoms. The Morgan fingerprint density at radius 2 is 2.06 bits per heavy atom. The molecule has 0 saturated carbocycles. The van der Waals surface area contributed by atoms with Crippen molar-refractivity contribution in [2.24, 2.45) is 7.05 Å². The second kappa shape index (κ2) is 9.29. The van der Waals surface area contributed by atoms with Gasteiger partial charge in [0.05, 0.1) is 24.2 Å². The van der Waals surface area contributed by atoms with E-state index < -0.39 is 17.7 Å². The van der Waals surface area contributed by atoms with Crippen LogP contribution in [0, 0.1) is 18.6 Å². The first kappa shape index (κ1) is 23.3. The Labute approximate surface area is 206 Å². The van der Waals surface area contributed by atoms with E-state index >= 15 is 0 Å². The van der Waals surface area contributed by atoms with Crippen molar-refractivity contribution < 1.29 is 18.3 Å². The van der Waals surface area contributed by atoms with Gasteiger partial charge in [0.1, 0.15) is 23.6 Å². The van der Waals surface area contributed by atoms with Crippen LogP contribution in [0.15, 0.2) is 61.1 Å². The zero-order chi connectivity index (χ0) is 25.4. The van der Waals surface area contributed by atoms with Crippen molar-refractivity contribution in [1.29, 1.82) is 0 Å². The van der Waals surface area contributed by atoms with Gasteiger partial charge in [-0.1, -0.05) is 0 Å². The SMILES string of the molecule is CCOC(=O)Nc1cc(C2=CNC3C=C(c4cnn(C)c4C)C=CN23)cc(-c2ccc(F)cc2F)n1. The topological polar surface area (TPSA) is 84.3 Å². The average Bonchev–Trinajstić information content (AvgIpc) is 3.41. The Balaban J connectivity index is 1.50. The van der Waals surface area contributed by atoms with E-state index in [1.165, 1.54) is 6.07 Å². The van der Waals surface area contributed by atoms with E-state index in [2.05, 4.69) is 26.8 Å². The molecule has 2 aliphatic rings. The molecule has 5 rings (SSSR count). The number of carbonyl (C=O) groups is 1. The summed E-state index contributed by atoms with van der Waals surface area (Å²) in [7, 11) is 1.90. The number of hydrogen-bond donors (Lipinski definition) is 2. The van der Waals surface area contributed by atoms with Crippen LogP contribution in [0.2, 0.25) is 0 Å². The largest absolute Gasteiger partial charge is 0.450 e. The van der Waals surface area contributed by atoms with Gasteiger partial charge in [0, 0.05) is 47.9 Å². The molecule has 0 bridgehead atoms. The van der Waals surface area contributed by atoms with Gasteiger partial charge in [-0.2, -0.15) is 5.10 Å². The van der Waals surface area contributed by atoms with Crippen molar-refractivity contribution >= 4 is 23.2 Å². The number of nitrogens with one attached hydrogen (secondary N) is 2. The number of hydrogen-bond acceptors (Lipinski definition) is 6. The standard InChI is InChI=1S/C26H24F2N6O2/c1-4-36-26(35)32-24-10-17(9-22(31-24)19-6-5-18(27)12-21(19)28)23-14-29-25-11-16(7-8-34(23)25)20-13-30-33(3)15(20)2/h5-14,25,29H,4H2,1-3H3,(H,31,32,35). The number of carbonyl (C=O) groups excluding carboxylic acids is 1. The fourth-order valence-electron chi connectivity index (χ4n) is 4.20. The Kier molecular flexibility index (Phi) is 6.01. The maximum atomic E-state index is 14.6. The van der Waals surface area contributed by atoms with Crippen molar-refractivity contribution in [2.75, 3.05) is 11.9 Å². The number of halogens is 2. The van der Waals surface area contributed by atoms with E-state index in [1.54, 1.807) is 19.1 Å². The third kappa shape index (κ3) is 4.33. The molecule has 1 aromatic carbocycles. The first-order valence-corrected chi connectivity index (χ1v) is 11.4. The lowest BCUT2D eigenvalue weighted by molar-refractivity contribution is 0.168. The monoisotopic (exact) mass is 490 g/mol. The van der Waals surface area contributed by atoms with Crippen molar-refractivity contribution in [3.63, 3.8) is 0 Å². The van der Waals surface area contributed by atoms with E-state index in [0.717, 1.165) is 34.7 Å². The molecular weight excluding hydrogens is 466 g/mol. The highest BCUT2D eigenvalue weighted by atomic mass is 19.1. The molecule has 10 heteroatoms.